The smallest absolute Gasteiger partial charge is 0.266 e. The number of para-hydroxylation sites is 1. The van der Waals surface area contributed by atoms with E-state index in [-0.39, 0.29) is 17.2 Å². The van der Waals surface area contributed by atoms with Gasteiger partial charge in [-0.15, -0.1) is 0 Å². The monoisotopic (exact) mass is 411 g/mol. The number of aromatic nitrogens is 2. The fourth-order valence-corrected chi connectivity index (χ4v) is 3.90. The Bertz CT molecular complexity index is 1060. The molecule has 29 heavy (non-hydrogen) atoms. The van der Waals surface area contributed by atoms with Crippen molar-refractivity contribution in [2.75, 3.05) is 26.5 Å². The molecule has 2 aromatic carbocycles. The second-order valence-corrected chi connectivity index (χ2v) is 7.65. The average Bonchev–Trinajstić information content (AvgIpc) is 2.75. The van der Waals surface area contributed by atoms with Gasteiger partial charge in [-0.05, 0) is 30.7 Å². The van der Waals surface area contributed by atoms with Crippen molar-refractivity contribution in [2.24, 2.45) is 0 Å². The standard InChI is InChI=1S/C22H25N3O3S/c1-4-5-13-24(2)20(26)15-29-22-23-19-12-7-6-11-18(19)21(27)25(22)16-9-8-10-17(14-16)28-3/h6-12,14H,4-5,13,15H2,1-3H3. The maximum absolute atomic E-state index is 13.2. The van der Waals surface area contributed by atoms with Crippen LogP contribution in [0.2, 0.25) is 0 Å². The fourth-order valence-electron chi connectivity index (χ4n) is 2.94. The highest BCUT2D eigenvalue weighted by molar-refractivity contribution is 7.99. The van der Waals surface area contributed by atoms with Gasteiger partial charge in [0, 0.05) is 19.7 Å². The quantitative estimate of drug-likeness (QED) is 0.417. The molecule has 0 N–H and O–H groups in total. The van der Waals surface area contributed by atoms with Crippen LogP contribution in [0, 0.1) is 0 Å². The van der Waals surface area contributed by atoms with Crippen LogP contribution >= 0.6 is 11.8 Å². The number of carbonyl (C=O) groups excluding carboxylic acids is 1. The third-order valence-electron chi connectivity index (χ3n) is 4.65. The number of rotatable bonds is 8. The predicted octanol–water partition coefficient (Wildman–Crippen LogP) is 3.74. The molecule has 0 spiro atoms. The normalized spacial score (nSPS) is 10.9. The number of amides is 1. The zero-order valence-electron chi connectivity index (χ0n) is 16.9. The van der Waals surface area contributed by atoms with Gasteiger partial charge in [0.25, 0.3) is 5.56 Å². The van der Waals surface area contributed by atoms with E-state index in [1.807, 2.05) is 43.4 Å². The van der Waals surface area contributed by atoms with Crippen molar-refractivity contribution in [3.05, 3.63) is 58.9 Å². The predicted molar refractivity (Wildman–Crippen MR) is 117 cm³/mol. The Hall–Kier alpha value is -2.80. The summed E-state index contributed by atoms with van der Waals surface area (Å²) in [5.41, 5.74) is 1.10. The Morgan fingerprint density at radius 2 is 2.00 bits per heavy atom. The van der Waals surface area contributed by atoms with Gasteiger partial charge in [-0.3, -0.25) is 14.2 Å². The van der Waals surface area contributed by atoms with Crippen molar-refractivity contribution in [1.82, 2.24) is 14.5 Å². The molecule has 0 radical (unpaired) electrons. The molecule has 1 amide bonds. The van der Waals surface area contributed by atoms with Gasteiger partial charge >= 0.3 is 0 Å². The molecular formula is C22H25N3O3S. The molecule has 0 aliphatic carbocycles. The van der Waals surface area contributed by atoms with Crippen LogP contribution in [-0.4, -0.2) is 46.8 Å². The van der Waals surface area contributed by atoms with Crippen molar-refractivity contribution in [3.8, 4) is 11.4 Å². The van der Waals surface area contributed by atoms with Gasteiger partial charge < -0.3 is 9.64 Å². The van der Waals surface area contributed by atoms with E-state index in [2.05, 4.69) is 11.9 Å². The van der Waals surface area contributed by atoms with Crippen LogP contribution in [0.1, 0.15) is 19.8 Å². The van der Waals surface area contributed by atoms with E-state index in [9.17, 15) is 9.59 Å². The van der Waals surface area contributed by atoms with E-state index in [1.54, 1.807) is 28.7 Å². The first-order valence-corrected chi connectivity index (χ1v) is 10.6. The van der Waals surface area contributed by atoms with Gasteiger partial charge in [0.05, 0.1) is 29.5 Å². The van der Waals surface area contributed by atoms with E-state index in [1.165, 1.54) is 11.8 Å². The minimum Gasteiger partial charge on any atom is -0.497 e. The molecule has 1 heterocycles. The first-order valence-electron chi connectivity index (χ1n) is 9.58. The van der Waals surface area contributed by atoms with E-state index < -0.39 is 0 Å². The molecule has 3 rings (SSSR count). The Morgan fingerprint density at radius 3 is 2.76 bits per heavy atom. The second-order valence-electron chi connectivity index (χ2n) is 6.71. The van der Waals surface area contributed by atoms with Crippen molar-refractivity contribution in [2.45, 2.75) is 24.9 Å². The molecule has 0 atom stereocenters. The number of ether oxygens (including phenoxy) is 1. The number of benzene rings is 2. The van der Waals surface area contributed by atoms with Crippen LogP contribution in [-0.2, 0) is 4.79 Å². The summed E-state index contributed by atoms with van der Waals surface area (Å²) in [5, 5.41) is 1.02. The summed E-state index contributed by atoms with van der Waals surface area (Å²) in [6.07, 6.45) is 2.00. The lowest BCUT2D eigenvalue weighted by Crippen LogP contribution is -2.29. The highest BCUT2D eigenvalue weighted by Gasteiger charge is 2.16. The van der Waals surface area contributed by atoms with Crippen LogP contribution in [0.25, 0.3) is 16.6 Å². The van der Waals surface area contributed by atoms with E-state index in [0.717, 1.165) is 19.4 Å². The van der Waals surface area contributed by atoms with Crippen LogP contribution in [0.3, 0.4) is 0 Å². The molecule has 1 aromatic heterocycles. The third kappa shape index (κ3) is 4.79. The van der Waals surface area contributed by atoms with Crippen molar-refractivity contribution in [1.29, 1.82) is 0 Å². The van der Waals surface area contributed by atoms with E-state index in [4.69, 9.17) is 4.74 Å². The number of thioether (sulfide) groups is 1. The molecule has 0 aliphatic heterocycles. The molecule has 152 valence electrons. The second kappa shape index (κ2) is 9.60. The molecule has 0 bridgehead atoms. The highest BCUT2D eigenvalue weighted by atomic mass is 32.2. The Labute approximate surface area is 174 Å². The van der Waals surface area contributed by atoms with E-state index in [0.29, 0.717) is 27.5 Å². The van der Waals surface area contributed by atoms with Crippen LogP contribution in [0.4, 0.5) is 0 Å². The number of unbranched alkanes of at least 4 members (excludes halogenated alkanes) is 1. The lowest BCUT2D eigenvalue weighted by atomic mass is 10.2. The topological polar surface area (TPSA) is 64.4 Å². The molecule has 3 aromatic rings. The number of hydrogen-bond donors (Lipinski definition) is 0. The summed E-state index contributed by atoms with van der Waals surface area (Å²) in [6.45, 7) is 2.82. The summed E-state index contributed by atoms with van der Waals surface area (Å²) in [6, 6.07) is 14.5. The highest BCUT2D eigenvalue weighted by Crippen LogP contribution is 2.23. The van der Waals surface area contributed by atoms with Gasteiger partial charge in [0.2, 0.25) is 5.91 Å². The summed E-state index contributed by atoms with van der Waals surface area (Å²) >= 11 is 1.27. The molecule has 0 saturated heterocycles. The zero-order valence-corrected chi connectivity index (χ0v) is 17.7. The molecule has 0 aliphatic rings. The van der Waals surface area contributed by atoms with Gasteiger partial charge in [0.15, 0.2) is 5.16 Å². The van der Waals surface area contributed by atoms with Crippen molar-refractivity contribution >= 4 is 28.6 Å². The van der Waals surface area contributed by atoms with Crippen LogP contribution in [0.15, 0.2) is 58.5 Å². The molecule has 0 fully saturated rings. The first kappa shape index (κ1) is 20.9. The fraction of sp³-hybridized carbons (Fsp3) is 0.318. The molecular weight excluding hydrogens is 386 g/mol. The maximum Gasteiger partial charge on any atom is 0.266 e. The van der Waals surface area contributed by atoms with Crippen molar-refractivity contribution in [3.63, 3.8) is 0 Å². The Morgan fingerprint density at radius 1 is 1.21 bits per heavy atom. The summed E-state index contributed by atoms with van der Waals surface area (Å²) in [4.78, 5) is 32.1. The van der Waals surface area contributed by atoms with Gasteiger partial charge in [-0.2, -0.15) is 0 Å². The number of nitrogens with zero attached hydrogens (tertiary/aromatic N) is 3. The Balaban J connectivity index is 2.01. The number of carbonyl (C=O) groups is 1. The van der Waals surface area contributed by atoms with Gasteiger partial charge in [-0.1, -0.05) is 43.3 Å². The van der Waals surface area contributed by atoms with Crippen LogP contribution < -0.4 is 10.3 Å². The summed E-state index contributed by atoms with van der Waals surface area (Å²) < 4.78 is 6.86. The SMILES string of the molecule is CCCCN(C)C(=O)CSc1nc2ccccc2c(=O)n1-c1cccc(OC)c1. The summed E-state index contributed by atoms with van der Waals surface area (Å²) in [5.74, 6) is 0.881. The summed E-state index contributed by atoms with van der Waals surface area (Å²) in [7, 11) is 3.39. The van der Waals surface area contributed by atoms with E-state index >= 15 is 0 Å². The molecule has 7 heteroatoms. The number of hydrogen-bond acceptors (Lipinski definition) is 5. The number of methoxy groups -OCH3 is 1. The van der Waals surface area contributed by atoms with Gasteiger partial charge in [0.1, 0.15) is 5.75 Å². The number of fused-ring (bicyclic) bond motifs is 1. The average molecular weight is 412 g/mol. The molecule has 0 unspecified atom stereocenters. The van der Waals surface area contributed by atoms with Crippen LogP contribution in [0.5, 0.6) is 5.75 Å². The van der Waals surface area contributed by atoms with Crippen molar-refractivity contribution < 1.29 is 9.53 Å². The minimum absolute atomic E-state index is 0.0167. The lowest BCUT2D eigenvalue weighted by Gasteiger charge is -2.17. The minimum atomic E-state index is -0.168. The van der Waals surface area contributed by atoms with Gasteiger partial charge in [-0.25, -0.2) is 4.98 Å². The molecule has 0 saturated carbocycles. The zero-order chi connectivity index (χ0) is 20.8. The lowest BCUT2D eigenvalue weighted by molar-refractivity contribution is -0.127. The molecule has 6 nitrogen and oxygen atoms in total. The third-order valence-corrected chi connectivity index (χ3v) is 5.58. The Kier molecular flexibility index (Phi) is 6.93. The largest absolute Gasteiger partial charge is 0.497 e. The maximum atomic E-state index is 13.2. The first-order chi connectivity index (χ1) is 14.0.